The Balaban J connectivity index is 2.27. The molecule has 0 bridgehead atoms. The first-order valence-electron chi connectivity index (χ1n) is 5.84. The van der Waals surface area contributed by atoms with Gasteiger partial charge < -0.3 is 10.6 Å². The lowest BCUT2D eigenvalue weighted by Crippen LogP contribution is -2.27. The van der Waals surface area contributed by atoms with Gasteiger partial charge in [0.1, 0.15) is 0 Å². The van der Waals surface area contributed by atoms with Crippen molar-refractivity contribution >= 4 is 28.8 Å². The van der Waals surface area contributed by atoms with Gasteiger partial charge >= 0.3 is 0 Å². The van der Waals surface area contributed by atoms with Crippen LogP contribution in [-0.2, 0) is 4.79 Å². The monoisotopic (exact) mass is 250 g/mol. The number of thiocarbonyl (C=S) groups is 1. The first-order valence-corrected chi connectivity index (χ1v) is 6.24. The summed E-state index contributed by atoms with van der Waals surface area (Å²) < 4.78 is 0. The van der Waals surface area contributed by atoms with Crippen molar-refractivity contribution in [1.29, 1.82) is 0 Å². The number of carbonyl (C=O) groups is 1. The number of anilines is 1. The summed E-state index contributed by atoms with van der Waals surface area (Å²) in [7, 11) is 0. The summed E-state index contributed by atoms with van der Waals surface area (Å²) in [6.45, 7) is 2.96. The van der Waals surface area contributed by atoms with Gasteiger partial charge in [-0.25, -0.2) is 0 Å². The van der Waals surface area contributed by atoms with E-state index in [1.165, 1.54) is 0 Å². The maximum atomic E-state index is 11.6. The van der Waals surface area contributed by atoms with Crippen LogP contribution in [0.4, 0.5) is 5.69 Å². The molecule has 0 unspecified atom stereocenters. The van der Waals surface area contributed by atoms with E-state index in [0.29, 0.717) is 4.99 Å². The normalized spacial score (nSPS) is 9.71. The second kappa shape index (κ2) is 7.79. The number of benzene rings is 1. The Morgan fingerprint density at radius 2 is 2.00 bits per heavy atom. The number of unbranched alkanes of at least 4 members (excludes halogenated alkanes) is 1. The Bertz CT molecular complexity index is 365. The summed E-state index contributed by atoms with van der Waals surface area (Å²) in [5.74, 6) is -0.0785. The average molecular weight is 250 g/mol. The number of para-hydroxylation sites is 1. The lowest BCUT2D eigenvalue weighted by molar-refractivity contribution is -0.115. The van der Waals surface area contributed by atoms with Crippen molar-refractivity contribution in [3.63, 3.8) is 0 Å². The number of rotatable bonds is 6. The van der Waals surface area contributed by atoms with Crippen molar-refractivity contribution in [1.82, 2.24) is 5.32 Å². The molecule has 0 saturated heterocycles. The fourth-order valence-corrected chi connectivity index (χ4v) is 1.57. The molecular formula is C13H18N2OS. The second-order valence-electron chi connectivity index (χ2n) is 3.79. The molecule has 0 spiro atoms. The van der Waals surface area contributed by atoms with Gasteiger partial charge in [-0.15, -0.1) is 0 Å². The molecule has 0 aliphatic carbocycles. The summed E-state index contributed by atoms with van der Waals surface area (Å²) in [6, 6.07) is 9.38. The molecule has 1 aromatic carbocycles. The first-order chi connectivity index (χ1) is 8.22. The summed E-state index contributed by atoms with van der Waals surface area (Å²) in [5, 5.41) is 5.87. The predicted molar refractivity (Wildman–Crippen MR) is 75.2 cm³/mol. The van der Waals surface area contributed by atoms with Crippen LogP contribution in [0, 0.1) is 0 Å². The second-order valence-corrected chi connectivity index (χ2v) is 4.29. The van der Waals surface area contributed by atoms with Crippen LogP contribution in [0.5, 0.6) is 0 Å². The van der Waals surface area contributed by atoms with E-state index in [0.717, 1.165) is 25.1 Å². The number of hydrogen-bond donors (Lipinski definition) is 2. The standard InChI is InChI=1S/C13H18N2OS/c1-2-3-9-14-13(17)10-12(16)15-11-7-5-4-6-8-11/h4-8H,2-3,9-10H2,1H3,(H,14,17)(H,15,16). The largest absolute Gasteiger partial charge is 0.379 e. The van der Waals surface area contributed by atoms with E-state index in [1.807, 2.05) is 30.3 Å². The molecule has 0 aliphatic rings. The highest BCUT2D eigenvalue weighted by atomic mass is 32.1. The number of hydrogen-bond acceptors (Lipinski definition) is 2. The molecule has 0 atom stereocenters. The van der Waals surface area contributed by atoms with Crippen molar-refractivity contribution < 1.29 is 4.79 Å². The molecule has 2 N–H and O–H groups in total. The lowest BCUT2D eigenvalue weighted by Gasteiger charge is -2.08. The van der Waals surface area contributed by atoms with Gasteiger partial charge in [-0.05, 0) is 18.6 Å². The molecule has 1 amide bonds. The van der Waals surface area contributed by atoms with Crippen molar-refractivity contribution in [2.24, 2.45) is 0 Å². The van der Waals surface area contributed by atoms with Crippen LogP contribution in [0.25, 0.3) is 0 Å². The van der Waals surface area contributed by atoms with E-state index < -0.39 is 0 Å². The van der Waals surface area contributed by atoms with Crippen molar-refractivity contribution in [2.75, 3.05) is 11.9 Å². The number of nitrogens with one attached hydrogen (secondary N) is 2. The zero-order chi connectivity index (χ0) is 12.5. The fraction of sp³-hybridized carbons (Fsp3) is 0.385. The minimum Gasteiger partial charge on any atom is -0.379 e. The van der Waals surface area contributed by atoms with Crippen LogP contribution in [0.1, 0.15) is 26.2 Å². The van der Waals surface area contributed by atoms with Gasteiger partial charge in [0.25, 0.3) is 0 Å². The Hall–Kier alpha value is -1.42. The fourth-order valence-electron chi connectivity index (χ4n) is 1.34. The molecule has 4 heteroatoms. The topological polar surface area (TPSA) is 41.1 Å². The molecule has 0 fully saturated rings. The Kier molecular flexibility index (Phi) is 6.25. The molecule has 1 aromatic rings. The summed E-state index contributed by atoms with van der Waals surface area (Å²) >= 11 is 5.09. The quantitative estimate of drug-likeness (QED) is 0.602. The minimum absolute atomic E-state index is 0.0785. The third-order valence-corrected chi connectivity index (χ3v) is 2.52. The molecule has 1 rings (SSSR count). The maximum Gasteiger partial charge on any atom is 0.231 e. The van der Waals surface area contributed by atoms with Crippen LogP contribution in [0.2, 0.25) is 0 Å². The van der Waals surface area contributed by atoms with Crippen molar-refractivity contribution in [2.45, 2.75) is 26.2 Å². The zero-order valence-electron chi connectivity index (χ0n) is 10.0. The molecular weight excluding hydrogens is 232 g/mol. The molecule has 17 heavy (non-hydrogen) atoms. The number of amides is 1. The molecule has 92 valence electrons. The van der Waals surface area contributed by atoms with E-state index >= 15 is 0 Å². The highest BCUT2D eigenvalue weighted by Crippen LogP contribution is 2.05. The van der Waals surface area contributed by atoms with Gasteiger partial charge in [-0.3, -0.25) is 4.79 Å². The highest BCUT2D eigenvalue weighted by Gasteiger charge is 2.05. The van der Waals surface area contributed by atoms with Crippen LogP contribution in [0.3, 0.4) is 0 Å². The van der Waals surface area contributed by atoms with Gasteiger partial charge in [-0.2, -0.15) is 0 Å². The summed E-state index contributed by atoms with van der Waals surface area (Å²) in [5.41, 5.74) is 0.800. The van der Waals surface area contributed by atoms with Crippen molar-refractivity contribution in [3.8, 4) is 0 Å². The Morgan fingerprint density at radius 1 is 1.29 bits per heavy atom. The van der Waals surface area contributed by atoms with Crippen LogP contribution >= 0.6 is 12.2 Å². The molecule has 0 heterocycles. The predicted octanol–water partition coefficient (Wildman–Crippen LogP) is 2.73. The third-order valence-electron chi connectivity index (χ3n) is 2.23. The first kappa shape index (κ1) is 13.6. The van der Waals surface area contributed by atoms with Gasteiger partial charge in [0.15, 0.2) is 0 Å². The summed E-state index contributed by atoms with van der Waals surface area (Å²) in [6.07, 6.45) is 2.43. The molecule has 0 saturated carbocycles. The lowest BCUT2D eigenvalue weighted by atomic mass is 10.3. The highest BCUT2D eigenvalue weighted by molar-refractivity contribution is 7.80. The molecule has 0 aromatic heterocycles. The van der Waals surface area contributed by atoms with Crippen molar-refractivity contribution in [3.05, 3.63) is 30.3 Å². The van der Waals surface area contributed by atoms with E-state index in [4.69, 9.17) is 12.2 Å². The van der Waals surface area contributed by atoms with E-state index in [9.17, 15) is 4.79 Å². The maximum absolute atomic E-state index is 11.6. The Labute approximate surface area is 108 Å². The molecule has 0 aliphatic heterocycles. The van der Waals surface area contributed by atoms with Gasteiger partial charge in [0, 0.05) is 12.2 Å². The SMILES string of the molecule is CCCCNC(=S)CC(=O)Nc1ccccc1. The van der Waals surface area contributed by atoms with Gasteiger partial charge in [0.2, 0.25) is 5.91 Å². The van der Waals surface area contributed by atoms with Crippen LogP contribution in [0.15, 0.2) is 30.3 Å². The van der Waals surface area contributed by atoms with E-state index in [-0.39, 0.29) is 12.3 Å². The van der Waals surface area contributed by atoms with Gasteiger partial charge in [-0.1, -0.05) is 43.8 Å². The third kappa shape index (κ3) is 6.02. The van der Waals surface area contributed by atoms with E-state index in [1.54, 1.807) is 0 Å². The summed E-state index contributed by atoms with van der Waals surface area (Å²) in [4.78, 5) is 12.2. The van der Waals surface area contributed by atoms with Crippen LogP contribution in [-0.4, -0.2) is 17.4 Å². The molecule has 0 radical (unpaired) electrons. The minimum atomic E-state index is -0.0785. The Morgan fingerprint density at radius 3 is 2.65 bits per heavy atom. The smallest absolute Gasteiger partial charge is 0.231 e. The van der Waals surface area contributed by atoms with Crippen LogP contribution < -0.4 is 10.6 Å². The number of carbonyl (C=O) groups excluding carboxylic acids is 1. The zero-order valence-corrected chi connectivity index (χ0v) is 10.8. The molecule has 3 nitrogen and oxygen atoms in total. The average Bonchev–Trinajstić information content (AvgIpc) is 2.30. The van der Waals surface area contributed by atoms with E-state index in [2.05, 4.69) is 17.6 Å². The van der Waals surface area contributed by atoms with Gasteiger partial charge in [0.05, 0.1) is 11.4 Å².